The molecule has 0 atom stereocenters. The summed E-state index contributed by atoms with van der Waals surface area (Å²) in [5, 5.41) is 15.1. The number of ether oxygens (including phenoxy) is 3. The van der Waals surface area contributed by atoms with Crippen molar-refractivity contribution in [2.24, 2.45) is 5.41 Å². The number of rotatable bonds is 14. The summed E-state index contributed by atoms with van der Waals surface area (Å²) in [4.78, 5) is 43.4. The van der Waals surface area contributed by atoms with Crippen LogP contribution in [-0.2, 0) is 14.4 Å². The van der Waals surface area contributed by atoms with Gasteiger partial charge in [-0.05, 0) is 87.1 Å². The Morgan fingerprint density at radius 1 is 0.878 bits per heavy atom. The molecule has 0 spiro atoms. The van der Waals surface area contributed by atoms with E-state index in [4.69, 9.17) is 30.9 Å². The summed E-state index contributed by atoms with van der Waals surface area (Å²) in [6.45, 7) is 10.1. The summed E-state index contributed by atoms with van der Waals surface area (Å²) >= 11 is 6.50. The predicted molar refractivity (Wildman–Crippen MR) is 186 cm³/mol. The number of methoxy groups -OCH3 is 1. The zero-order valence-electron chi connectivity index (χ0n) is 27.8. The summed E-state index contributed by atoms with van der Waals surface area (Å²) in [6, 6.07) is 15.0. The molecule has 0 aliphatic heterocycles. The molecule has 1 heterocycles. The molecule has 1 aromatic heterocycles. The van der Waals surface area contributed by atoms with Gasteiger partial charge in [-0.1, -0.05) is 32.4 Å². The van der Waals surface area contributed by atoms with Gasteiger partial charge in [0.05, 0.1) is 30.7 Å². The first-order valence-corrected chi connectivity index (χ1v) is 16.3. The second kappa shape index (κ2) is 16.9. The summed E-state index contributed by atoms with van der Waals surface area (Å²) in [6.07, 6.45) is 2.13. The maximum absolute atomic E-state index is 13.2. The fourth-order valence-electron chi connectivity index (χ4n) is 4.91. The highest BCUT2D eigenvalue weighted by atomic mass is 35.5. The molecule has 260 valence electrons. The highest BCUT2D eigenvalue weighted by Crippen LogP contribution is 2.48. The van der Waals surface area contributed by atoms with Crippen LogP contribution in [0.2, 0.25) is 5.02 Å². The molecule has 1 saturated carbocycles. The maximum Gasteiger partial charge on any atom is 0.306 e. The van der Waals surface area contributed by atoms with E-state index in [1.165, 1.54) is 57.1 Å². The standard InChI is InChI=1S/C30H25ClFN3O7.C6H15N/c1-40-25-15-20-22(16-26(25)41-13-9-27(36)37)33-12-8-23(20)42-24-7-6-19(14-21(24)31)35-29(39)30(10-11-30)28(38)34-18-4-2-17(32)3-5-18;1-4-7(5-2)6-3/h2-8,12,14-16H,9-11,13H2,1H3,(H,34,38)(H,35,39)(H,36,37);4-6H2,1-3H3. The minimum Gasteiger partial charge on any atom is -0.493 e. The van der Waals surface area contributed by atoms with E-state index < -0.39 is 29.0 Å². The van der Waals surface area contributed by atoms with Crippen LogP contribution in [0.5, 0.6) is 23.0 Å². The van der Waals surface area contributed by atoms with Crippen molar-refractivity contribution in [1.82, 2.24) is 9.88 Å². The van der Waals surface area contributed by atoms with Gasteiger partial charge in [0, 0.05) is 29.0 Å². The molecule has 0 saturated heterocycles. The number of anilines is 2. The smallest absolute Gasteiger partial charge is 0.306 e. The van der Waals surface area contributed by atoms with Crippen LogP contribution in [0.25, 0.3) is 10.9 Å². The molecular weight excluding hydrogens is 655 g/mol. The van der Waals surface area contributed by atoms with Gasteiger partial charge < -0.3 is 34.9 Å². The Labute approximate surface area is 289 Å². The summed E-state index contributed by atoms with van der Waals surface area (Å²) in [5.74, 6) is -0.913. The van der Waals surface area contributed by atoms with E-state index in [0.29, 0.717) is 58.1 Å². The third-order valence-electron chi connectivity index (χ3n) is 8.03. The van der Waals surface area contributed by atoms with E-state index in [2.05, 4.69) is 41.3 Å². The number of benzene rings is 3. The first kappa shape index (κ1) is 36.9. The summed E-state index contributed by atoms with van der Waals surface area (Å²) in [5.41, 5.74) is 0.0735. The van der Waals surface area contributed by atoms with Crippen molar-refractivity contribution in [2.75, 3.05) is 44.0 Å². The minimum absolute atomic E-state index is 0.0358. The topological polar surface area (TPSA) is 139 Å². The highest BCUT2D eigenvalue weighted by Gasteiger charge is 2.56. The van der Waals surface area contributed by atoms with E-state index in [-0.39, 0.29) is 18.1 Å². The summed E-state index contributed by atoms with van der Waals surface area (Å²) < 4.78 is 30.2. The molecule has 0 unspecified atom stereocenters. The molecule has 5 rings (SSSR count). The molecular formula is C36H40ClFN4O7. The number of carbonyl (C=O) groups is 3. The van der Waals surface area contributed by atoms with Gasteiger partial charge in [0.1, 0.15) is 22.7 Å². The Hall–Kier alpha value is -4.94. The van der Waals surface area contributed by atoms with Crippen molar-refractivity contribution >= 4 is 51.7 Å². The Kier molecular flexibility index (Phi) is 12.8. The number of halogens is 2. The third-order valence-corrected chi connectivity index (χ3v) is 8.33. The van der Waals surface area contributed by atoms with E-state index >= 15 is 0 Å². The number of carboxylic acid groups (broad SMARTS) is 1. The molecule has 49 heavy (non-hydrogen) atoms. The van der Waals surface area contributed by atoms with E-state index in [1.54, 1.807) is 36.5 Å². The quantitative estimate of drug-likeness (QED) is 0.115. The van der Waals surface area contributed by atoms with Crippen molar-refractivity contribution in [3.63, 3.8) is 0 Å². The van der Waals surface area contributed by atoms with Gasteiger partial charge in [-0.25, -0.2) is 4.39 Å². The number of aromatic nitrogens is 1. The van der Waals surface area contributed by atoms with Crippen LogP contribution in [0.3, 0.4) is 0 Å². The highest BCUT2D eigenvalue weighted by molar-refractivity contribution is 6.32. The summed E-state index contributed by atoms with van der Waals surface area (Å²) in [7, 11) is 1.46. The Morgan fingerprint density at radius 3 is 2.06 bits per heavy atom. The van der Waals surface area contributed by atoms with Crippen molar-refractivity contribution in [3.05, 3.63) is 77.7 Å². The first-order valence-electron chi connectivity index (χ1n) is 15.9. The lowest BCUT2D eigenvalue weighted by molar-refractivity contribution is -0.137. The lowest BCUT2D eigenvalue weighted by atomic mass is 10.0. The molecule has 13 heteroatoms. The zero-order chi connectivity index (χ0) is 35.6. The van der Waals surface area contributed by atoms with Crippen LogP contribution in [-0.4, -0.2) is 66.1 Å². The van der Waals surface area contributed by atoms with Crippen LogP contribution in [0.4, 0.5) is 15.8 Å². The van der Waals surface area contributed by atoms with Crippen LogP contribution in [0.15, 0.2) is 66.9 Å². The normalized spacial score (nSPS) is 12.8. The fourth-order valence-corrected chi connectivity index (χ4v) is 5.12. The SMILES string of the molecule is CCN(CC)CC.COc1cc2c(Oc3ccc(NC(=O)C4(C(=O)Nc5ccc(F)cc5)CC4)cc3Cl)ccnc2cc1OCCC(=O)O. The molecule has 1 aliphatic rings. The Bertz CT molecular complexity index is 1770. The molecule has 2 amide bonds. The number of nitrogens with zero attached hydrogens (tertiary/aromatic N) is 2. The Morgan fingerprint density at radius 2 is 1.51 bits per heavy atom. The van der Waals surface area contributed by atoms with Crippen LogP contribution in [0, 0.1) is 11.2 Å². The number of carbonyl (C=O) groups excluding carboxylic acids is 2. The number of pyridine rings is 1. The second-order valence-electron chi connectivity index (χ2n) is 11.2. The van der Waals surface area contributed by atoms with Gasteiger partial charge in [0.25, 0.3) is 0 Å². The predicted octanol–water partition coefficient (Wildman–Crippen LogP) is 7.39. The molecule has 3 aromatic carbocycles. The van der Waals surface area contributed by atoms with Crippen LogP contribution < -0.4 is 24.8 Å². The van der Waals surface area contributed by atoms with Gasteiger partial charge in [-0.3, -0.25) is 19.4 Å². The van der Waals surface area contributed by atoms with E-state index in [1.807, 2.05) is 0 Å². The van der Waals surface area contributed by atoms with Crippen LogP contribution in [0.1, 0.15) is 40.0 Å². The van der Waals surface area contributed by atoms with E-state index in [9.17, 15) is 18.8 Å². The molecule has 0 radical (unpaired) electrons. The maximum atomic E-state index is 13.2. The first-order chi connectivity index (χ1) is 23.5. The number of aliphatic carboxylic acids is 1. The number of hydrogen-bond acceptors (Lipinski definition) is 8. The lowest BCUT2D eigenvalue weighted by Gasteiger charge is -2.17. The molecule has 11 nitrogen and oxygen atoms in total. The van der Waals surface area contributed by atoms with Crippen LogP contribution >= 0.6 is 11.6 Å². The average molecular weight is 695 g/mol. The second-order valence-corrected chi connectivity index (χ2v) is 11.6. The largest absolute Gasteiger partial charge is 0.493 e. The number of carboxylic acids is 1. The molecule has 4 aromatic rings. The van der Waals surface area contributed by atoms with Gasteiger partial charge in [-0.15, -0.1) is 0 Å². The van der Waals surface area contributed by atoms with Gasteiger partial charge >= 0.3 is 5.97 Å². The fraction of sp³-hybridized carbons (Fsp3) is 0.333. The van der Waals surface area contributed by atoms with Gasteiger partial charge in [-0.2, -0.15) is 0 Å². The number of hydrogen-bond donors (Lipinski definition) is 3. The Balaban J connectivity index is 0.000000698. The molecule has 0 bridgehead atoms. The average Bonchev–Trinajstić information content (AvgIpc) is 3.90. The van der Waals surface area contributed by atoms with Crippen molar-refractivity contribution in [2.45, 2.75) is 40.0 Å². The molecule has 3 N–H and O–H groups in total. The number of fused-ring (bicyclic) bond motifs is 1. The molecule has 1 aliphatic carbocycles. The van der Waals surface area contributed by atoms with Crippen molar-refractivity contribution in [1.29, 1.82) is 0 Å². The van der Waals surface area contributed by atoms with E-state index in [0.717, 1.165) is 0 Å². The number of nitrogens with one attached hydrogen (secondary N) is 2. The zero-order valence-corrected chi connectivity index (χ0v) is 28.6. The molecule has 1 fully saturated rings. The third kappa shape index (κ3) is 9.58. The van der Waals surface area contributed by atoms with Gasteiger partial charge in [0.15, 0.2) is 11.5 Å². The minimum atomic E-state index is -1.22. The number of amides is 2. The van der Waals surface area contributed by atoms with Crippen molar-refractivity contribution in [3.8, 4) is 23.0 Å². The monoisotopic (exact) mass is 694 g/mol. The lowest BCUT2D eigenvalue weighted by Crippen LogP contribution is -2.35. The van der Waals surface area contributed by atoms with Crippen molar-refractivity contribution < 1.29 is 38.1 Å². The van der Waals surface area contributed by atoms with Gasteiger partial charge in [0.2, 0.25) is 11.8 Å².